The second-order valence-electron chi connectivity index (χ2n) is 4.56. The lowest BCUT2D eigenvalue weighted by molar-refractivity contribution is -0.130. The van der Waals surface area contributed by atoms with E-state index in [2.05, 4.69) is 5.32 Å². The number of carbonyl (C=O) groups is 1. The van der Waals surface area contributed by atoms with Crippen LogP contribution in [0.5, 0.6) is 5.75 Å². The molecule has 1 atom stereocenters. The topological polar surface area (TPSA) is 58.6 Å². The third-order valence-corrected chi connectivity index (χ3v) is 3.10. The molecule has 0 radical (unpaired) electrons. The van der Waals surface area contributed by atoms with Gasteiger partial charge in [0, 0.05) is 13.2 Å². The average molecular weight is 249 g/mol. The smallest absolute Gasteiger partial charge is 0.249 e. The predicted octanol–water partition coefficient (Wildman–Crippen LogP) is 1.62. The Bertz CT molecular complexity index is 383. The first kappa shape index (κ1) is 12.9. The Labute approximate surface area is 107 Å². The SMILES string of the molecule is O=C(NCCCc1ccc(O)cc1)C1CCCO1. The Morgan fingerprint density at radius 3 is 2.83 bits per heavy atom. The number of phenolic OH excluding ortho intramolecular Hbond substituents is 1. The van der Waals surface area contributed by atoms with E-state index in [1.165, 1.54) is 5.56 Å². The van der Waals surface area contributed by atoms with Crippen molar-refractivity contribution in [1.29, 1.82) is 0 Å². The predicted molar refractivity (Wildman–Crippen MR) is 68.4 cm³/mol. The van der Waals surface area contributed by atoms with Crippen molar-refractivity contribution in [2.24, 2.45) is 0 Å². The van der Waals surface area contributed by atoms with Gasteiger partial charge in [-0.3, -0.25) is 4.79 Å². The van der Waals surface area contributed by atoms with Crippen LogP contribution in [0.3, 0.4) is 0 Å². The molecule has 4 nitrogen and oxygen atoms in total. The Balaban J connectivity index is 1.63. The molecule has 4 heteroatoms. The number of ether oxygens (including phenoxy) is 1. The highest BCUT2D eigenvalue weighted by Crippen LogP contribution is 2.12. The molecule has 98 valence electrons. The van der Waals surface area contributed by atoms with Gasteiger partial charge in [-0.25, -0.2) is 0 Å². The second-order valence-corrected chi connectivity index (χ2v) is 4.56. The van der Waals surface area contributed by atoms with E-state index in [9.17, 15) is 4.79 Å². The van der Waals surface area contributed by atoms with E-state index >= 15 is 0 Å². The lowest BCUT2D eigenvalue weighted by Gasteiger charge is -2.10. The Kier molecular flexibility index (Phi) is 4.59. The summed E-state index contributed by atoms with van der Waals surface area (Å²) < 4.78 is 5.30. The van der Waals surface area contributed by atoms with Crippen molar-refractivity contribution in [3.63, 3.8) is 0 Å². The van der Waals surface area contributed by atoms with Gasteiger partial charge in [0.2, 0.25) is 5.91 Å². The first-order chi connectivity index (χ1) is 8.75. The minimum Gasteiger partial charge on any atom is -0.508 e. The molecule has 0 aromatic heterocycles. The van der Waals surface area contributed by atoms with Gasteiger partial charge >= 0.3 is 0 Å². The van der Waals surface area contributed by atoms with E-state index in [1.807, 2.05) is 12.1 Å². The summed E-state index contributed by atoms with van der Waals surface area (Å²) in [5.41, 5.74) is 1.17. The molecule has 2 N–H and O–H groups in total. The molecule has 1 fully saturated rings. The summed E-state index contributed by atoms with van der Waals surface area (Å²) in [6.07, 6.45) is 3.36. The maximum Gasteiger partial charge on any atom is 0.249 e. The molecular formula is C14H19NO3. The molecule has 0 spiro atoms. The van der Waals surface area contributed by atoms with Crippen LogP contribution in [0.15, 0.2) is 24.3 Å². The van der Waals surface area contributed by atoms with Gasteiger partial charge in [-0.05, 0) is 43.4 Å². The van der Waals surface area contributed by atoms with Crippen LogP contribution in [0.2, 0.25) is 0 Å². The standard InChI is InChI=1S/C14H19NO3/c16-12-7-5-11(6-8-12)3-1-9-15-14(17)13-4-2-10-18-13/h5-8,13,16H,1-4,9-10H2,(H,15,17). The number of nitrogens with one attached hydrogen (secondary N) is 1. The molecular weight excluding hydrogens is 230 g/mol. The molecule has 1 amide bonds. The lowest BCUT2D eigenvalue weighted by atomic mass is 10.1. The number of amides is 1. The van der Waals surface area contributed by atoms with E-state index in [-0.39, 0.29) is 17.8 Å². The van der Waals surface area contributed by atoms with Gasteiger partial charge in [-0.1, -0.05) is 12.1 Å². The van der Waals surface area contributed by atoms with Crippen molar-refractivity contribution < 1.29 is 14.6 Å². The minimum atomic E-state index is -0.237. The second kappa shape index (κ2) is 6.40. The number of benzene rings is 1. The van der Waals surface area contributed by atoms with Gasteiger partial charge in [0.1, 0.15) is 11.9 Å². The summed E-state index contributed by atoms with van der Waals surface area (Å²) in [7, 11) is 0. The van der Waals surface area contributed by atoms with E-state index in [1.54, 1.807) is 12.1 Å². The lowest BCUT2D eigenvalue weighted by Crippen LogP contribution is -2.34. The summed E-state index contributed by atoms with van der Waals surface area (Å²) >= 11 is 0. The highest BCUT2D eigenvalue weighted by Gasteiger charge is 2.22. The largest absolute Gasteiger partial charge is 0.508 e. The maximum absolute atomic E-state index is 11.6. The van der Waals surface area contributed by atoms with Crippen LogP contribution >= 0.6 is 0 Å². The summed E-state index contributed by atoms with van der Waals surface area (Å²) in [6.45, 7) is 1.37. The average Bonchev–Trinajstić information content (AvgIpc) is 2.90. The van der Waals surface area contributed by atoms with Gasteiger partial charge in [0.25, 0.3) is 0 Å². The number of hydrogen-bond acceptors (Lipinski definition) is 3. The molecule has 1 aromatic rings. The Hall–Kier alpha value is -1.55. The monoisotopic (exact) mass is 249 g/mol. The zero-order chi connectivity index (χ0) is 12.8. The van der Waals surface area contributed by atoms with Crippen molar-refractivity contribution in [1.82, 2.24) is 5.32 Å². The first-order valence-electron chi connectivity index (χ1n) is 6.43. The molecule has 0 saturated carbocycles. The van der Waals surface area contributed by atoms with Crippen molar-refractivity contribution in [2.75, 3.05) is 13.2 Å². The molecule has 1 saturated heterocycles. The molecule has 18 heavy (non-hydrogen) atoms. The first-order valence-corrected chi connectivity index (χ1v) is 6.43. The number of carbonyl (C=O) groups excluding carboxylic acids is 1. The summed E-state index contributed by atoms with van der Waals surface area (Å²) in [4.78, 5) is 11.6. The Morgan fingerprint density at radius 1 is 1.39 bits per heavy atom. The fourth-order valence-corrected chi connectivity index (χ4v) is 2.06. The van der Waals surface area contributed by atoms with E-state index in [0.717, 1.165) is 25.7 Å². The fourth-order valence-electron chi connectivity index (χ4n) is 2.06. The van der Waals surface area contributed by atoms with Crippen LogP contribution in [0.1, 0.15) is 24.8 Å². The van der Waals surface area contributed by atoms with Crippen LogP contribution in [0.25, 0.3) is 0 Å². The van der Waals surface area contributed by atoms with Crippen molar-refractivity contribution in [3.05, 3.63) is 29.8 Å². The number of aryl methyl sites for hydroxylation is 1. The number of rotatable bonds is 5. The summed E-state index contributed by atoms with van der Waals surface area (Å²) in [6, 6.07) is 7.16. The molecule has 2 rings (SSSR count). The quantitative estimate of drug-likeness (QED) is 0.780. The van der Waals surface area contributed by atoms with Crippen LogP contribution in [-0.2, 0) is 16.0 Å². The zero-order valence-electron chi connectivity index (χ0n) is 10.4. The van der Waals surface area contributed by atoms with Crippen LogP contribution in [-0.4, -0.2) is 30.3 Å². The van der Waals surface area contributed by atoms with Gasteiger partial charge in [0.15, 0.2) is 0 Å². The van der Waals surface area contributed by atoms with Crippen molar-refractivity contribution in [2.45, 2.75) is 31.8 Å². The minimum absolute atomic E-state index is 0.0122. The van der Waals surface area contributed by atoms with Crippen LogP contribution in [0, 0.1) is 0 Å². The highest BCUT2D eigenvalue weighted by molar-refractivity contribution is 5.80. The normalized spacial score (nSPS) is 18.8. The van der Waals surface area contributed by atoms with Gasteiger partial charge < -0.3 is 15.2 Å². The van der Waals surface area contributed by atoms with Crippen molar-refractivity contribution in [3.8, 4) is 5.75 Å². The molecule has 0 aliphatic carbocycles. The van der Waals surface area contributed by atoms with E-state index in [4.69, 9.17) is 9.84 Å². The Morgan fingerprint density at radius 2 is 2.17 bits per heavy atom. The fraction of sp³-hybridized carbons (Fsp3) is 0.500. The summed E-state index contributed by atoms with van der Waals surface area (Å²) in [5.74, 6) is 0.295. The third kappa shape index (κ3) is 3.74. The van der Waals surface area contributed by atoms with Crippen molar-refractivity contribution >= 4 is 5.91 Å². The summed E-state index contributed by atoms with van der Waals surface area (Å²) in [5, 5.41) is 12.0. The zero-order valence-corrected chi connectivity index (χ0v) is 10.4. The maximum atomic E-state index is 11.6. The van der Waals surface area contributed by atoms with Gasteiger partial charge in [0.05, 0.1) is 0 Å². The molecule has 1 aliphatic rings. The third-order valence-electron chi connectivity index (χ3n) is 3.10. The highest BCUT2D eigenvalue weighted by atomic mass is 16.5. The van der Waals surface area contributed by atoms with E-state index in [0.29, 0.717) is 13.2 Å². The van der Waals surface area contributed by atoms with Crippen LogP contribution < -0.4 is 5.32 Å². The molecule has 1 aliphatic heterocycles. The van der Waals surface area contributed by atoms with E-state index < -0.39 is 0 Å². The van der Waals surface area contributed by atoms with Gasteiger partial charge in [-0.15, -0.1) is 0 Å². The van der Waals surface area contributed by atoms with Gasteiger partial charge in [-0.2, -0.15) is 0 Å². The number of phenols is 1. The molecule has 1 heterocycles. The molecule has 0 bridgehead atoms. The van der Waals surface area contributed by atoms with Crippen LogP contribution in [0.4, 0.5) is 0 Å². The number of aromatic hydroxyl groups is 1. The molecule has 1 unspecified atom stereocenters. The molecule has 1 aromatic carbocycles. The number of hydrogen-bond donors (Lipinski definition) is 2.